The molecule has 0 aliphatic heterocycles. The summed E-state index contributed by atoms with van der Waals surface area (Å²) in [5, 5.41) is 23.4. The number of carbonyl (C=O) groups is 1. The summed E-state index contributed by atoms with van der Waals surface area (Å²) in [6, 6.07) is -0.536. The molecule has 0 rings (SSSR count). The van der Waals surface area contributed by atoms with Gasteiger partial charge in [-0.25, -0.2) is 0 Å². The topological polar surface area (TPSA) is 69.6 Å². The Morgan fingerprint density at radius 1 is 0.338 bits per heavy atom. The molecule has 420 valence electrons. The maximum atomic E-state index is 12.5. The van der Waals surface area contributed by atoms with E-state index in [0.717, 1.165) is 38.5 Å². The van der Waals surface area contributed by atoms with Crippen molar-refractivity contribution >= 4 is 5.91 Å². The number of unbranched alkanes of at least 4 members (excludes halogenated alkanes) is 48. The third kappa shape index (κ3) is 59.4. The molecule has 2 atom stereocenters. The van der Waals surface area contributed by atoms with Crippen LogP contribution in [-0.4, -0.2) is 34.9 Å². The van der Waals surface area contributed by atoms with Crippen LogP contribution in [0.15, 0.2) is 36.5 Å². The summed E-state index contributed by atoms with van der Waals surface area (Å²) < 4.78 is 0. The largest absolute Gasteiger partial charge is 0.394 e. The number of nitrogens with one attached hydrogen (secondary N) is 1. The lowest BCUT2D eigenvalue weighted by atomic mass is 10.0. The van der Waals surface area contributed by atoms with Gasteiger partial charge in [-0.3, -0.25) is 4.79 Å². The molecule has 4 heteroatoms. The van der Waals surface area contributed by atoms with Gasteiger partial charge < -0.3 is 15.5 Å². The Bertz CT molecular complexity index is 1080. The van der Waals surface area contributed by atoms with E-state index in [1.165, 1.54) is 302 Å². The van der Waals surface area contributed by atoms with Gasteiger partial charge in [0, 0.05) is 6.42 Å². The van der Waals surface area contributed by atoms with E-state index < -0.39 is 12.1 Å². The number of aliphatic hydroxyl groups is 2. The lowest BCUT2D eigenvalue weighted by Crippen LogP contribution is -2.45. The van der Waals surface area contributed by atoms with E-state index in [0.29, 0.717) is 12.8 Å². The molecular formula is C67H129NO3. The normalized spacial score (nSPS) is 12.9. The highest BCUT2D eigenvalue weighted by Crippen LogP contribution is 2.19. The van der Waals surface area contributed by atoms with E-state index in [4.69, 9.17) is 0 Å². The SMILES string of the molecule is CCCCCCC/C=C\C/C=C\C/C=C\CCCCCCCCCCCCCCCCCCCCCCC(=O)NC(CO)C(O)CCCCCCCCCCCCCCCCCCCCCCCCCC. The van der Waals surface area contributed by atoms with E-state index in [2.05, 4.69) is 55.6 Å². The molecule has 0 aromatic carbocycles. The Morgan fingerprint density at radius 3 is 0.859 bits per heavy atom. The van der Waals surface area contributed by atoms with Crippen molar-refractivity contribution in [2.45, 2.75) is 379 Å². The van der Waals surface area contributed by atoms with E-state index in [-0.39, 0.29) is 12.5 Å². The van der Waals surface area contributed by atoms with Crippen LogP contribution in [0.5, 0.6) is 0 Å². The van der Waals surface area contributed by atoms with Crippen molar-refractivity contribution in [3.63, 3.8) is 0 Å². The molecule has 0 heterocycles. The molecule has 0 spiro atoms. The first-order chi connectivity index (χ1) is 35.2. The second-order valence-electron chi connectivity index (χ2n) is 22.5. The molecule has 0 bridgehead atoms. The summed E-state index contributed by atoms with van der Waals surface area (Å²) in [6.45, 7) is 4.39. The van der Waals surface area contributed by atoms with Crippen molar-refractivity contribution in [2.24, 2.45) is 0 Å². The number of hydrogen-bond acceptors (Lipinski definition) is 3. The fourth-order valence-electron chi connectivity index (χ4n) is 10.4. The van der Waals surface area contributed by atoms with Crippen LogP contribution in [0, 0.1) is 0 Å². The zero-order valence-corrected chi connectivity index (χ0v) is 48.5. The third-order valence-electron chi connectivity index (χ3n) is 15.4. The molecule has 0 aliphatic carbocycles. The zero-order chi connectivity index (χ0) is 51.3. The van der Waals surface area contributed by atoms with Crippen LogP contribution in [0.4, 0.5) is 0 Å². The first kappa shape index (κ1) is 69.6. The van der Waals surface area contributed by atoms with Crippen molar-refractivity contribution in [3.8, 4) is 0 Å². The molecular weight excluding hydrogens is 867 g/mol. The van der Waals surface area contributed by atoms with Gasteiger partial charge in [-0.2, -0.15) is 0 Å². The fourth-order valence-corrected chi connectivity index (χ4v) is 10.4. The van der Waals surface area contributed by atoms with E-state index in [9.17, 15) is 15.0 Å². The first-order valence-electron chi connectivity index (χ1n) is 32.7. The van der Waals surface area contributed by atoms with Crippen LogP contribution >= 0.6 is 0 Å². The van der Waals surface area contributed by atoms with E-state index in [1.54, 1.807) is 0 Å². The second kappa shape index (κ2) is 62.9. The Labute approximate surface area is 446 Å². The summed E-state index contributed by atoms with van der Waals surface area (Å²) in [5.74, 6) is -0.0238. The maximum absolute atomic E-state index is 12.5. The third-order valence-corrected chi connectivity index (χ3v) is 15.4. The van der Waals surface area contributed by atoms with Crippen molar-refractivity contribution < 1.29 is 15.0 Å². The van der Waals surface area contributed by atoms with Crippen LogP contribution in [0.1, 0.15) is 367 Å². The predicted molar refractivity (Wildman–Crippen MR) is 318 cm³/mol. The van der Waals surface area contributed by atoms with Crippen LogP contribution in [0.25, 0.3) is 0 Å². The molecule has 71 heavy (non-hydrogen) atoms. The average Bonchev–Trinajstić information content (AvgIpc) is 3.37. The van der Waals surface area contributed by atoms with Gasteiger partial charge in [0.2, 0.25) is 5.91 Å². The van der Waals surface area contributed by atoms with Gasteiger partial charge in [-0.05, 0) is 51.4 Å². The lowest BCUT2D eigenvalue weighted by Gasteiger charge is -2.22. The molecule has 3 N–H and O–H groups in total. The van der Waals surface area contributed by atoms with Gasteiger partial charge in [0.15, 0.2) is 0 Å². The molecule has 0 radical (unpaired) electrons. The first-order valence-corrected chi connectivity index (χ1v) is 32.7. The number of amides is 1. The maximum Gasteiger partial charge on any atom is 0.220 e. The minimum atomic E-state index is -0.659. The molecule has 0 saturated carbocycles. The number of rotatable bonds is 61. The molecule has 2 unspecified atom stereocenters. The van der Waals surface area contributed by atoms with Crippen molar-refractivity contribution in [2.75, 3.05) is 6.61 Å². The number of allylic oxidation sites excluding steroid dienone is 6. The molecule has 1 amide bonds. The summed E-state index contributed by atoms with van der Waals surface area (Å²) in [5.41, 5.74) is 0. The van der Waals surface area contributed by atoms with Gasteiger partial charge in [-0.1, -0.05) is 346 Å². The minimum Gasteiger partial charge on any atom is -0.394 e. The molecule has 0 aromatic rings. The van der Waals surface area contributed by atoms with Gasteiger partial charge in [0.1, 0.15) is 0 Å². The van der Waals surface area contributed by atoms with Gasteiger partial charge in [0.05, 0.1) is 18.8 Å². The summed E-state index contributed by atoms with van der Waals surface area (Å²) in [4.78, 5) is 12.5. The van der Waals surface area contributed by atoms with Crippen LogP contribution in [0.2, 0.25) is 0 Å². The standard InChI is InChI=1S/C67H129NO3/c1-3-5-7-9-11-13-15-17-19-21-23-25-27-29-30-31-32-33-34-35-36-37-38-39-41-43-45-47-49-51-53-55-57-59-61-63-67(71)68-65(64-69)66(70)62-60-58-56-54-52-50-48-46-44-42-40-28-26-24-22-20-18-16-14-12-10-8-6-4-2/h15,17,21,23,27,29,65-66,69-70H,3-14,16,18-20,22,24-26,28,30-64H2,1-2H3,(H,68,71)/b17-15-,23-21-,29-27-. The average molecular weight is 997 g/mol. The zero-order valence-electron chi connectivity index (χ0n) is 48.5. The quantitative estimate of drug-likeness (QED) is 0.0420. The van der Waals surface area contributed by atoms with Crippen LogP contribution in [0.3, 0.4) is 0 Å². The highest BCUT2D eigenvalue weighted by Gasteiger charge is 2.20. The van der Waals surface area contributed by atoms with Gasteiger partial charge >= 0.3 is 0 Å². The molecule has 0 saturated heterocycles. The minimum absolute atomic E-state index is 0.0238. The van der Waals surface area contributed by atoms with Crippen LogP contribution < -0.4 is 5.32 Å². The highest BCUT2D eigenvalue weighted by atomic mass is 16.3. The smallest absolute Gasteiger partial charge is 0.220 e. The number of hydrogen-bond donors (Lipinski definition) is 3. The summed E-state index contributed by atoms with van der Waals surface area (Å²) in [7, 11) is 0. The molecule has 0 aliphatic rings. The molecule has 0 aromatic heterocycles. The monoisotopic (exact) mass is 996 g/mol. The Hall–Kier alpha value is -1.39. The fraction of sp³-hybridized carbons (Fsp3) is 0.896. The van der Waals surface area contributed by atoms with Crippen molar-refractivity contribution in [3.05, 3.63) is 36.5 Å². The van der Waals surface area contributed by atoms with Crippen molar-refractivity contribution in [1.82, 2.24) is 5.32 Å². The van der Waals surface area contributed by atoms with Gasteiger partial charge in [-0.15, -0.1) is 0 Å². The van der Waals surface area contributed by atoms with E-state index >= 15 is 0 Å². The highest BCUT2D eigenvalue weighted by molar-refractivity contribution is 5.76. The lowest BCUT2D eigenvalue weighted by molar-refractivity contribution is -0.123. The summed E-state index contributed by atoms with van der Waals surface area (Å²) in [6.07, 6.45) is 86.0. The Morgan fingerprint density at radius 2 is 0.577 bits per heavy atom. The number of carbonyl (C=O) groups excluding carboxylic acids is 1. The molecule has 4 nitrogen and oxygen atoms in total. The number of aliphatic hydroxyl groups excluding tert-OH is 2. The molecule has 0 fully saturated rings. The Balaban J connectivity index is 3.40. The van der Waals surface area contributed by atoms with E-state index in [1.807, 2.05) is 0 Å². The van der Waals surface area contributed by atoms with Crippen LogP contribution in [-0.2, 0) is 4.79 Å². The Kier molecular flexibility index (Phi) is 61.7. The predicted octanol–water partition coefficient (Wildman–Crippen LogP) is 22.0. The summed E-state index contributed by atoms with van der Waals surface area (Å²) >= 11 is 0. The second-order valence-corrected chi connectivity index (χ2v) is 22.5. The van der Waals surface area contributed by atoms with Gasteiger partial charge in [0.25, 0.3) is 0 Å². The van der Waals surface area contributed by atoms with Crippen molar-refractivity contribution in [1.29, 1.82) is 0 Å².